The molecule has 146 valence electrons. The molecule has 1 saturated heterocycles. The molecular weight excluding hydrogens is 362 g/mol. The Morgan fingerprint density at radius 1 is 1.26 bits per heavy atom. The first kappa shape index (κ1) is 19.8. The zero-order valence-corrected chi connectivity index (χ0v) is 16.9. The van der Waals surface area contributed by atoms with Gasteiger partial charge in [0, 0.05) is 19.5 Å². The largest absolute Gasteiger partial charge is 0.336 e. The number of likely N-dealkylation sites (tertiary alicyclic amines) is 1. The summed E-state index contributed by atoms with van der Waals surface area (Å²) in [6, 6.07) is 7.52. The van der Waals surface area contributed by atoms with Crippen LogP contribution in [0.2, 0.25) is 5.02 Å². The quantitative estimate of drug-likeness (QED) is 0.788. The number of nitrogens with zero attached hydrogens (tertiary/aromatic N) is 4. The lowest BCUT2D eigenvalue weighted by molar-refractivity contribution is 0.0678. The molecule has 1 fully saturated rings. The van der Waals surface area contributed by atoms with Gasteiger partial charge in [-0.25, -0.2) is 9.67 Å². The van der Waals surface area contributed by atoms with E-state index < -0.39 is 0 Å². The highest BCUT2D eigenvalue weighted by atomic mass is 35.5. The topological polar surface area (TPSA) is 63.1 Å². The molecule has 2 heterocycles. The Kier molecular flexibility index (Phi) is 6.85. The second kappa shape index (κ2) is 9.33. The number of nitrogens with one attached hydrogen (secondary N) is 1. The summed E-state index contributed by atoms with van der Waals surface area (Å²) < 4.78 is 1.72. The zero-order valence-electron chi connectivity index (χ0n) is 16.1. The third kappa shape index (κ3) is 4.68. The highest BCUT2D eigenvalue weighted by Crippen LogP contribution is 2.22. The molecule has 0 atom stereocenters. The van der Waals surface area contributed by atoms with Gasteiger partial charge in [0.1, 0.15) is 5.82 Å². The molecule has 0 spiro atoms. The predicted octanol–water partition coefficient (Wildman–Crippen LogP) is 3.33. The van der Waals surface area contributed by atoms with Crippen LogP contribution in [0.3, 0.4) is 0 Å². The second-order valence-electron chi connectivity index (χ2n) is 7.01. The van der Waals surface area contributed by atoms with Crippen LogP contribution >= 0.6 is 11.6 Å². The highest BCUT2D eigenvalue weighted by Gasteiger charge is 2.27. The lowest BCUT2D eigenvalue weighted by Crippen LogP contribution is -2.41. The number of aromatic nitrogens is 3. The number of para-hydroxylation sites is 1. The van der Waals surface area contributed by atoms with Crippen molar-refractivity contribution in [3.63, 3.8) is 0 Å². The predicted molar refractivity (Wildman–Crippen MR) is 108 cm³/mol. The summed E-state index contributed by atoms with van der Waals surface area (Å²) in [5.41, 5.74) is 0.763. The van der Waals surface area contributed by atoms with E-state index in [9.17, 15) is 4.79 Å². The molecule has 2 aromatic rings. The summed E-state index contributed by atoms with van der Waals surface area (Å²) in [5, 5.41) is 8.52. The Labute approximate surface area is 165 Å². The summed E-state index contributed by atoms with van der Waals surface area (Å²) in [5.74, 6) is 1.60. The lowest BCUT2D eigenvalue weighted by Gasteiger charge is -2.31. The van der Waals surface area contributed by atoms with Crippen molar-refractivity contribution in [1.29, 1.82) is 0 Å². The van der Waals surface area contributed by atoms with Gasteiger partial charge in [-0.15, -0.1) is 5.10 Å². The maximum absolute atomic E-state index is 12.9. The molecule has 1 aromatic carbocycles. The van der Waals surface area contributed by atoms with E-state index in [1.54, 1.807) is 4.68 Å². The molecule has 1 N–H and O–H groups in total. The molecule has 27 heavy (non-hydrogen) atoms. The average molecular weight is 390 g/mol. The number of hydrogen-bond donors (Lipinski definition) is 1. The van der Waals surface area contributed by atoms with Crippen LogP contribution in [-0.2, 0) is 6.42 Å². The van der Waals surface area contributed by atoms with Crippen molar-refractivity contribution in [1.82, 2.24) is 25.0 Å². The monoisotopic (exact) mass is 389 g/mol. The molecule has 3 rings (SSSR count). The van der Waals surface area contributed by atoms with E-state index in [2.05, 4.69) is 29.2 Å². The minimum Gasteiger partial charge on any atom is -0.336 e. The van der Waals surface area contributed by atoms with Gasteiger partial charge in [-0.2, -0.15) is 0 Å². The maximum atomic E-state index is 12.9. The van der Waals surface area contributed by atoms with Crippen LogP contribution in [0, 0.1) is 5.92 Å². The average Bonchev–Trinajstić information content (AvgIpc) is 3.10. The van der Waals surface area contributed by atoms with Gasteiger partial charge in [0.15, 0.2) is 0 Å². The van der Waals surface area contributed by atoms with E-state index in [-0.39, 0.29) is 11.7 Å². The third-order valence-electron chi connectivity index (χ3n) is 5.00. The number of piperidine rings is 1. The molecule has 1 aliphatic heterocycles. The fraction of sp³-hybridized carbons (Fsp3) is 0.550. The molecule has 7 heteroatoms. The summed E-state index contributed by atoms with van der Waals surface area (Å²) in [4.78, 5) is 19.4. The van der Waals surface area contributed by atoms with Crippen LogP contribution in [0.25, 0.3) is 5.69 Å². The molecule has 0 aliphatic carbocycles. The number of rotatable bonds is 7. The first-order valence-corrected chi connectivity index (χ1v) is 10.2. The van der Waals surface area contributed by atoms with E-state index in [0.717, 1.165) is 63.4 Å². The van der Waals surface area contributed by atoms with Gasteiger partial charge >= 0.3 is 0 Å². The van der Waals surface area contributed by atoms with Crippen molar-refractivity contribution in [2.75, 3.05) is 26.2 Å². The molecule has 0 radical (unpaired) electrons. The minimum absolute atomic E-state index is 0.0833. The van der Waals surface area contributed by atoms with Crippen LogP contribution in [0.4, 0.5) is 0 Å². The molecular formula is C20H28ClN5O. The molecule has 0 unspecified atom stereocenters. The number of carbonyl (C=O) groups is 1. The van der Waals surface area contributed by atoms with Gasteiger partial charge in [0.05, 0.1) is 10.7 Å². The zero-order chi connectivity index (χ0) is 19.2. The van der Waals surface area contributed by atoms with Crippen molar-refractivity contribution < 1.29 is 4.79 Å². The lowest BCUT2D eigenvalue weighted by atomic mass is 9.97. The highest BCUT2D eigenvalue weighted by molar-refractivity contribution is 6.32. The molecule has 1 amide bonds. The molecule has 0 bridgehead atoms. The van der Waals surface area contributed by atoms with E-state index in [0.29, 0.717) is 10.9 Å². The Morgan fingerprint density at radius 3 is 2.67 bits per heavy atom. The van der Waals surface area contributed by atoms with Crippen molar-refractivity contribution in [3.8, 4) is 5.69 Å². The fourth-order valence-electron chi connectivity index (χ4n) is 3.47. The standard InChI is InChI=1S/C20H28ClN5O/c1-3-7-18-23-19(24-26(18)17-9-6-5-8-16(17)21)20(27)25-12-10-15(11-13-25)14-22-4-2/h5-6,8-9,15,22H,3-4,7,10-14H2,1-2H3. The first-order chi connectivity index (χ1) is 13.1. The van der Waals surface area contributed by atoms with Gasteiger partial charge in [0.2, 0.25) is 5.82 Å². The summed E-state index contributed by atoms with van der Waals surface area (Å²) >= 11 is 6.34. The maximum Gasteiger partial charge on any atom is 0.293 e. The molecule has 1 aromatic heterocycles. The van der Waals surface area contributed by atoms with Crippen molar-refractivity contribution in [3.05, 3.63) is 40.9 Å². The summed E-state index contributed by atoms with van der Waals surface area (Å²) in [7, 11) is 0. The van der Waals surface area contributed by atoms with Gasteiger partial charge in [-0.3, -0.25) is 4.79 Å². The number of carbonyl (C=O) groups excluding carboxylic acids is 1. The smallest absolute Gasteiger partial charge is 0.293 e. The van der Waals surface area contributed by atoms with E-state index in [4.69, 9.17) is 11.6 Å². The minimum atomic E-state index is -0.0833. The number of hydrogen-bond acceptors (Lipinski definition) is 4. The number of aryl methyl sites for hydroxylation is 1. The van der Waals surface area contributed by atoms with Crippen LogP contribution < -0.4 is 5.32 Å². The van der Waals surface area contributed by atoms with Crippen LogP contribution in [0.15, 0.2) is 24.3 Å². The van der Waals surface area contributed by atoms with Gasteiger partial charge < -0.3 is 10.2 Å². The Bertz CT molecular complexity index is 767. The normalized spacial score (nSPS) is 15.3. The van der Waals surface area contributed by atoms with Crippen molar-refractivity contribution in [2.45, 2.75) is 39.5 Å². The van der Waals surface area contributed by atoms with E-state index in [1.165, 1.54) is 0 Å². The SMILES string of the molecule is CCCc1nc(C(=O)N2CCC(CNCC)CC2)nn1-c1ccccc1Cl. The third-order valence-corrected chi connectivity index (χ3v) is 5.32. The number of amides is 1. The fourth-order valence-corrected chi connectivity index (χ4v) is 3.68. The van der Waals surface area contributed by atoms with Crippen molar-refractivity contribution >= 4 is 17.5 Å². The summed E-state index contributed by atoms with van der Waals surface area (Å²) in [6.07, 6.45) is 3.71. The first-order valence-electron chi connectivity index (χ1n) is 9.84. The van der Waals surface area contributed by atoms with E-state index >= 15 is 0 Å². The Morgan fingerprint density at radius 2 is 2.00 bits per heavy atom. The number of benzene rings is 1. The Hall–Kier alpha value is -1.92. The van der Waals surface area contributed by atoms with Gasteiger partial charge in [-0.1, -0.05) is 37.6 Å². The van der Waals surface area contributed by atoms with E-state index in [1.807, 2.05) is 29.2 Å². The number of halogens is 1. The second-order valence-corrected chi connectivity index (χ2v) is 7.42. The Balaban J connectivity index is 1.76. The van der Waals surface area contributed by atoms with Crippen LogP contribution in [0.5, 0.6) is 0 Å². The molecule has 6 nitrogen and oxygen atoms in total. The van der Waals surface area contributed by atoms with Crippen LogP contribution in [0.1, 0.15) is 49.6 Å². The van der Waals surface area contributed by atoms with Gasteiger partial charge in [0.25, 0.3) is 5.91 Å². The van der Waals surface area contributed by atoms with Gasteiger partial charge in [-0.05, 0) is 50.4 Å². The molecule has 0 saturated carbocycles. The van der Waals surface area contributed by atoms with Crippen molar-refractivity contribution in [2.24, 2.45) is 5.92 Å². The summed E-state index contributed by atoms with van der Waals surface area (Å²) in [6.45, 7) is 7.74. The van der Waals surface area contributed by atoms with Crippen LogP contribution in [-0.4, -0.2) is 51.8 Å². The molecule has 1 aliphatic rings.